The van der Waals surface area contributed by atoms with Crippen LogP contribution < -0.4 is 10.6 Å². The van der Waals surface area contributed by atoms with Crippen LogP contribution in [0.4, 0.5) is 0 Å². The quantitative estimate of drug-likeness (QED) is 0.703. The number of Topliss-reactive ketones (excluding diaryl/α,β-unsaturated/α-hetero) is 1. The van der Waals surface area contributed by atoms with Crippen LogP contribution in [0.3, 0.4) is 0 Å². The zero-order valence-electron chi connectivity index (χ0n) is 11.6. The molecule has 0 radical (unpaired) electrons. The number of thioether (sulfide) groups is 1. The third-order valence-electron chi connectivity index (χ3n) is 2.95. The molecular weight excluding hydrogens is 288 g/mol. The van der Waals surface area contributed by atoms with Gasteiger partial charge in [0.25, 0.3) is 0 Å². The second-order valence-corrected chi connectivity index (χ2v) is 5.89. The average Bonchev–Trinajstić information content (AvgIpc) is 3.30. The summed E-state index contributed by atoms with van der Waals surface area (Å²) in [5.74, 6) is 0.0453. The second kappa shape index (κ2) is 7.83. The van der Waals surface area contributed by atoms with Gasteiger partial charge in [0.05, 0.1) is 18.1 Å². The van der Waals surface area contributed by atoms with Crippen molar-refractivity contribution < 1.29 is 14.4 Å². The van der Waals surface area contributed by atoms with E-state index in [0.717, 1.165) is 12.8 Å². The minimum atomic E-state index is -0.230. The molecule has 2 amide bonds. The van der Waals surface area contributed by atoms with Gasteiger partial charge >= 0.3 is 0 Å². The molecular formula is C15H18N2O3S. The van der Waals surface area contributed by atoms with Crippen LogP contribution in [0, 0.1) is 0 Å². The Morgan fingerprint density at radius 3 is 2.43 bits per heavy atom. The van der Waals surface area contributed by atoms with Crippen molar-refractivity contribution in [3.05, 3.63) is 35.9 Å². The summed E-state index contributed by atoms with van der Waals surface area (Å²) in [4.78, 5) is 34.7. The van der Waals surface area contributed by atoms with Gasteiger partial charge in [-0.15, -0.1) is 11.8 Å². The molecule has 0 aromatic heterocycles. The van der Waals surface area contributed by atoms with Gasteiger partial charge in [-0.25, -0.2) is 0 Å². The molecule has 112 valence electrons. The largest absolute Gasteiger partial charge is 0.352 e. The highest BCUT2D eigenvalue weighted by Crippen LogP contribution is 2.18. The van der Waals surface area contributed by atoms with Gasteiger partial charge in [0.15, 0.2) is 5.78 Å². The lowest BCUT2D eigenvalue weighted by Crippen LogP contribution is -2.38. The van der Waals surface area contributed by atoms with E-state index in [1.165, 1.54) is 11.8 Å². The first-order valence-corrected chi connectivity index (χ1v) is 8.02. The summed E-state index contributed by atoms with van der Waals surface area (Å²) in [5.41, 5.74) is 0.647. The first-order valence-electron chi connectivity index (χ1n) is 6.87. The normalized spacial score (nSPS) is 13.5. The number of carbonyl (C=O) groups excluding carboxylic acids is 3. The van der Waals surface area contributed by atoms with Crippen molar-refractivity contribution in [2.75, 3.05) is 18.1 Å². The van der Waals surface area contributed by atoms with Crippen LogP contribution in [-0.2, 0) is 9.59 Å². The van der Waals surface area contributed by atoms with Crippen LogP contribution in [0.25, 0.3) is 0 Å². The molecule has 1 saturated carbocycles. The van der Waals surface area contributed by atoms with Crippen molar-refractivity contribution in [3.63, 3.8) is 0 Å². The highest BCUT2D eigenvalue weighted by molar-refractivity contribution is 8.00. The first kappa shape index (κ1) is 15.6. The van der Waals surface area contributed by atoms with Crippen molar-refractivity contribution in [3.8, 4) is 0 Å². The van der Waals surface area contributed by atoms with E-state index >= 15 is 0 Å². The molecule has 6 heteroatoms. The van der Waals surface area contributed by atoms with Crippen molar-refractivity contribution in [1.29, 1.82) is 0 Å². The average molecular weight is 306 g/mol. The monoisotopic (exact) mass is 306 g/mol. The molecule has 1 aliphatic rings. The lowest BCUT2D eigenvalue weighted by atomic mass is 10.2. The Balaban J connectivity index is 1.58. The fraction of sp³-hybridized carbons (Fsp3) is 0.400. The van der Waals surface area contributed by atoms with E-state index in [4.69, 9.17) is 0 Å². The summed E-state index contributed by atoms with van der Waals surface area (Å²) in [6.07, 6.45) is 2.05. The van der Waals surface area contributed by atoms with E-state index in [2.05, 4.69) is 10.6 Å². The molecule has 0 bridgehead atoms. The minimum Gasteiger partial charge on any atom is -0.352 e. The molecule has 1 fully saturated rings. The van der Waals surface area contributed by atoms with Crippen LogP contribution in [0.15, 0.2) is 30.3 Å². The van der Waals surface area contributed by atoms with Crippen LogP contribution in [-0.4, -0.2) is 41.7 Å². The summed E-state index contributed by atoms with van der Waals surface area (Å²) in [6.45, 7) is 0.00250. The standard InChI is InChI=1S/C15H18N2O3S/c18-13(11-4-2-1-3-5-11)9-21-10-15(20)16-8-14(19)17-12-6-7-12/h1-5,12H,6-10H2,(H,16,20)(H,17,19). The van der Waals surface area contributed by atoms with Crippen LogP contribution in [0.1, 0.15) is 23.2 Å². The van der Waals surface area contributed by atoms with E-state index < -0.39 is 0 Å². The molecule has 0 unspecified atom stereocenters. The summed E-state index contributed by atoms with van der Waals surface area (Å²) in [5, 5.41) is 5.34. The predicted molar refractivity (Wildman–Crippen MR) is 82.3 cm³/mol. The lowest BCUT2D eigenvalue weighted by Gasteiger charge is -2.05. The molecule has 2 rings (SSSR count). The predicted octanol–water partition coefficient (Wildman–Crippen LogP) is 0.997. The SMILES string of the molecule is O=C(CSCC(=O)c1ccccc1)NCC(=O)NC1CC1. The van der Waals surface area contributed by atoms with E-state index in [1.54, 1.807) is 12.1 Å². The molecule has 5 nitrogen and oxygen atoms in total. The molecule has 21 heavy (non-hydrogen) atoms. The third kappa shape index (κ3) is 5.99. The van der Waals surface area contributed by atoms with E-state index in [9.17, 15) is 14.4 Å². The number of benzene rings is 1. The molecule has 0 saturated heterocycles. The minimum absolute atomic E-state index is 0.000114. The number of nitrogens with one attached hydrogen (secondary N) is 2. The lowest BCUT2D eigenvalue weighted by molar-refractivity contribution is -0.124. The topological polar surface area (TPSA) is 75.3 Å². The van der Waals surface area contributed by atoms with Gasteiger partial charge in [-0.3, -0.25) is 14.4 Å². The summed E-state index contributed by atoms with van der Waals surface area (Å²) in [6, 6.07) is 9.28. The molecule has 2 N–H and O–H groups in total. The highest BCUT2D eigenvalue weighted by Gasteiger charge is 2.23. The van der Waals surface area contributed by atoms with E-state index in [0.29, 0.717) is 11.6 Å². The molecule has 0 spiro atoms. The fourth-order valence-corrected chi connectivity index (χ4v) is 2.42. The number of amides is 2. The molecule has 0 heterocycles. The molecule has 0 aliphatic heterocycles. The summed E-state index contributed by atoms with van der Waals surface area (Å²) < 4.78 is 0. The summed E-state index contributed by atoms with van der Waals surface area (Å²) >= 11 is 1.25. The maximum Gasteiger partial charge on any atom is 0.239 e. The Labute approximate surface area is 127 Å². The number of rotatable bonds is 8. The van der Waals surface area contributed by atoms with Gasteiger partial charge < -0.3 is 10.6 Å². The van der Waals surface area contributed by atoms with Gasteiger partial charge in [-0.05, 0) is 12.8 Å². The van der Waals surface area contributed by atoms with Crippen molar-refractivity contribution in [1.82, 2.24) is 10.6 Å². The van der Waals surface area contributed by atoms with Gasteiger partial charge in [0, 0.05) is 11.6 Å². The number of hydrogen-bond acceptors (Lipinski definition) is 4. The van der Waals surface area contributed by atoms with E-state index in [1.807, 2.05) is 18.2 Å². The number of carbonyl (C=O) groups is 3. The maximum atomic E-state index is 11.8. The smallest absolute Gasteiger partial charge is 0.239 e. The van der Waals surface area contributed by atoms with Crippen LogP contribution in [0.5, 0.6) is 0 Å². The Bertz CT molecular complexity index is 515. The fourth-order valence-electron chi connectivity index (χ4n) is 1.68. The van der Waals surface area contributed by atoms with E-state index in [-0.39, 0.29) is 35.6 Å². The van der Waals surface area contributed by atoms with Crippen molar-refractivity contribution >= 4 is 29.4 Å². The first-order chi connectivity index (χ1) is 10.1. The Hall–Kier alpha value is -1.82. The zero-order chi connectivity index (χ0) is 15.1. The van der Waals surface area contributed by atoms with Gasteiger partial charge in [-0.2, -0.15) is 0 Å². The molecule has 0 atom stereocenters. The van der Waals surface area contributed by atoms with Crippen molar-refractivity contribution in [2.24, 2.45) is 0 Å². The molecule has 1 aromatic rings. The zero-order valence-corrected chi connectivity index (χ0v) is 12.4. The Morgan fingerprint density at radius 1 is 1.05 bits per heavy atom. The van der Waals surface area contributed by atoms with Gasteiger partial charge in [0.2, 0.25) is 11.8 Å². The highest BCUT2D eigenvalue weighted by atomic mass is 32.2. The molecule has 1 aromatic carbocycles. The molecule has 1 aliphatic carbocycles. The second-order valence-electron chi connectivity index (χ2n) is 4.90. The third-order valence-corrected chi connectivity index (χ3v) is 3.88. The van der Waals surface area contributed by atoms with Crippen molar-refractivity contribution in [2.45, 2.75) is 18.9 Å². The Kier molecular flexibility index (Phi) is 5.80. The Morgan fingerprint density at radius 2 is 1.76 bits per heavy atom. The van der Waals surface area contributed by atoms with Gasteiger partial charge in [0.1, 0.15) is 0 Å². The van der Waals surface area contributed by atoms with Crippen LogP contribution >= 0.6 is 11.8 Å². The number of hydrogen-bond donors (Lipinski definition) is 2. The van der Waals surface area contributed by atoms with Crippen LogP contribution in [0.2, 0.25) is 0 Å². The summed E-state index contributed by atoms with van der Waals surface area (Å²) in [7, 11) is 0. The number of ketones is 1. The maximum absolute atomic E-state index is 11.8. The van der Waals surface area contributed by atoms with Gasteiger partial charge in [-0.1, -0.05) is 30.3 Å².